The standard InChI is InChI=1S/C13H16N2O3/c1-14-9-12(16)15-11-6-3-10(4-7-11)5-8-13(17)18-2/h3-8,14H,9H2,1-2H3,(H,15,16)/b8-5+. The minimum Gasteiger partial charge on any atom is -0.466 e. The van der Waals surface area contributed by atoms with Gasteiger partial charge in [0.05, 0.1) is 13.7 Å². The minimum atomic E-state index is -0.401. The Kier molecular flexibility index (Phi) is 5.60. The second-order valence-electron chi connectivity index (χ2n) is 3.56. The van der Waals surface area contributed by atoms with E-state index in [9.17, 15) is 9.59 Å². The van der Waals surface area contributed by atoms with Crippen LogP contribution in [0.1, 0.15) is 5.56 Å². The van der Waals surface area contributed by atoms with E-state index in [4.69, 9.17) is 0 Å². The molecule has 0 aromatic heterocycles. The van der Waals surface area contributed by atoms with Crippen molar-refractivity contribution in [1.29, 1.82) is 0 Å². The number of anilines is 1. The predicted molar refractivity (Wildman–Crippen MR) is 70.0 cm³/mol. The van der Waals surface area contributed by atoms with Crippen LogP contribution in [0.2, 0.25) is 0 Å². The molecule has 0 radical (unpaired) electrons. The van der Waals surface area contributed by atoms with Crippen molar-refractivity contribution in [2.24, 2.45) is 0 Å². The van der Waals surface area contributed by atoms with Crippen molar-refractivity contribution in [3.63, 3.8) is 0 Å². The zero-order chi connectivity index (χ0) is 13.4. The number of esters is 1. The van der Waals surface area contributed by atoms with Crippen molar-refractivity contribution in [2.45, 2.75) is 0 Å². The number of hydrogen-bond donors (Lipinski definition) is 2. The third-order valence-electron chi connectivity index (χ3n) is 2.14. The second-order valence-corrected chi connectivity index (χ2v) is 3.56. The van der Waals surface area contributed by atoms with E-state index in [1.807, 2.05) is 0 Å². The Bertz CT molecular complexity index is 438. The molecule has 0 spiro atoms. The van der Waals surface area contributed by atoms with Crippen molar-refractivity contribution in [1.82, 2.24) is 5.32 Å². The number of amides is 1. The summed E-state index contributed by atoms with van der Waals surface area (Å²) in [4.78, 5) is 22.2. The monoisotopic (exact) mass is 248 g/mol. The fourth-order valence-electron chi connectivity index (χ4n) is 1.28. The molecule has 0 aliphatic carbocycles. The van der Waals surface area contributed by atoms with Gasteiger partial charge in [0, 0.05) is 11.8 Å². The lowest BCUT2D eigenvalue weighted by atomic mass is 10.2. The Balaban J connectivity index is 2.60. The lowest BCUT2D eigenvalue weighted by Gasteiger charge is -2.04. The Labute approximate surface area is 106 Å². The number of ether oxygens (including phenoxy) is 1. The first-order valence-corrected chi connectivity index (χ1v) is 5.46. The predicted octanol–water partition coefficient (Wildman–Crippen LogP) is 1.03. The smallest absolute Gasteiger partial charge is 0.330 e. The number of carbonyl (C=O) groups excluding carboxylic acids is 2. The molecule has 1 aromatic carbocycles. The summed E-state index contributed by atoms with van der Waals surface area (Å²) in [6.45, 7) is 0.268. The van der Waals surface area contributed by atoms with E-state index in [0.717, 1.165) is 5.56 Å². The third kappa shape index (κ3) is 4.80. The minimum absolute atomic E-state index is 0.102. The Morgan fingerprint density at radius 1 is 1.28 bits per heavy atom. The maximum absolute atomic E-state index is 11.3. The van der Waals surface area contributed by atoms with Gasteiger partial charge in [-0.1, -0.05) is 12.1 Å². The van der Waals surface area contributed by atoms with Crippen molar-refractivity contribution < 1.29 is 14.3 Å². The van der Waals surface area contributed by atoms with Gasteiger partial charge in [-0.25, -0.2) is 4.79 Å². The van der Waals surface area contributed by atoms with Crippen LogP contribution < -0.4 is 10.6 Å². The molecule has 96 valence electrons. The highest BCUT2D eigenvalue weighted by atomic mass is 16.5. The van der Waals surface area contributed by atoms with Gasteiger partial charge < -0.3 is 15.4 Å². The van der Waals surface area contributed by atoms with Crippen LogP contribution in [0.25, 0.3) is 6.08 Å². The van der Waals surface area contributed by atoms with E-state index in [0.29, 0.717) is 5.69 Å². The summed E-state index contributed by atoms with van der Waals surface area (Å²) in [5.41, 5.74) is 1.57. The molecule has 0 atom stereocenters. The quantitative estimate of drug-likeness (QED) is 0.603. The summed E-state index contributed by atoms with van der Waals surface area (Å²) >= 11 is 0. The van der Waals surface area contributed by atoms with E-state index < -0.39 is 5.97 Å². The average molecular weight is 248 g/mol. The molecule has 0 heterocycles. The summed E-state index contributed by atoms with van der Waals surface area (Å²) < 4.78 is 4.49. The van der Waals surface area contributed by atoms with Crippen LogP contribution in [0.3, 0.4) is 0 Å². The number of methoxy groups -OCH3 is 1. The summed E-state index contributed by atoms with van der Waals surface area (Å²) in [6.07, 6.45) is 2.99. The van der Waals surface area contributed by atoms with Crippen LogP contribution in [-0.2, 0) is 14.3 Å². The lowest BCUT2D eigenvalue weighted by molar-refractivity contribution is -0.134. The SMILES string of the molecule is CNCC(=O)Nc1ccc(/C=C/C(=O)OC)cc1. The summed E-state index contributed by atoms with van der Waals surface area (Å²) in [6, 6.07) is 7.14. The topological polar surface area (TPSA) is 67.4 Å². The highest BCUT2D eigenvalue weighted by molar-refractivity contribution is 5.92. The second kappa shape index (κ2) is 7.24. The maximum atomic E-state index is 11.3. The van der Waals surface area contributed by atoms with Gasteiger partial charge in [-0.3, -0.25) is 4.79 Å². The molecular formula is C13H16N2O3. The first kappa shape index (κ1) is 13.9. The zero-order valence-corrected chi connectivity index (χ0v) is 10.4. The van der Waals surface area contributed by atoms with Gasteiger partial charge in [-0.2, -0.15) is 0 Å². The summed E-state index contributed by atoms with van der Waals surface area (Å²) in [5.74, 6) is -0.503. The highest BCUT2D eigenvalue weighted by Crippen LogP contribution is 2.10. The maximum Gasteiger partial charge on any atom is 0.330 e. The van der Waals surface area contributed by atoms with Crippen molar-refractivity contribution >= 4 is 23.6 Å². The number of carbonyl (C=O) groups is 2. The summed E-state index contributed by atoms with van der Waals surface area (Å²) in [5, 5.41) is 5.49. The number of likely N-dealkylation sites (N-methyl/N-ethyl adjacent to an activating group) is 1. The van der Waals surface area contributed by atoms with Gasteiger partial charge in [-0.05, 0) is 30.8 Å². The number of rotatable bonds is 5. The Morgan fingerprint density at radius 2 is 1.94 bits per heavy atom. The largest absolute Gasteiger partial charge is 0.466 e. The van der Waals surface area contributed by atoms with E-state index in [-0.39, 0.29) is 12.5 Å². The van der Waals surface area contributed by atoms with E-state index in [1.165, 1.54) is 13.2 Å². The van der Waals surface area contributed by atoms with Gasteiger partial charge in [0.2, 0.25) is 5.91 Å². The molecule has 5 nitrogen and oxygen atoms in total. The Hall–Kier alpha value is -2.14. The first-order chi connectivity index (χ1) is 8.65. The normalized spacial score (nSPS) is 10.3. The zero-order valence-electron chi connectivity index (χ0n) is 10.4. The number of hydrogen-bond acceptors (Lipinski definition) is 4. The van der Waals surface area contributed by atoms with Crippen LogP contribution in [0.5, 0.6) is 0 Å². The van der Waals surface area contributed by atoms with Gasteiger partial charge in [0.1, 0.15) is 0 Å². The molecule has 0 aliphatic rings. The van der Waals surface area contributed by atoms with Crippen LogP contribution >= 0.6 is 0 Å². The molecule has 0 saturated heterocycles. The molecule has 5 heteroatoms. The van der Waals surface area contributed by atoms with Gasteiger partial charge >= 0.3 is 5.97 Å². The molecule has 0 unspecified atom stereocenters. The van der Waals surface area contributed by atoms with Crippen LogP contribution in [-0.4, -0.2) is 32.6 Å². The molecular weight excluding hydrogens is 232 g/mol. The van der Waals surface area contributed by atoms with E-state index in [1.54, 1.807) is 37.4 Å². The van der Waals surface area contributed by atoms with Crippen LogP contribution in [0.4, 0.5) is 5.69 Å². The van der Waals surface area contributed by atoms with Gasteiger partial charge in [0.25, 0.3) is 0 Å². The summed E-state index contributed by atoms with van der Waals surface area (Å²) in [7, 11) is 3.04. The number of benzene rings is 1. The molecule has 0 saturated carbocycles. The molecule has 1 aromatic rings. The molecule has 0 fully saturated rings. The van der Waals surface area contributed by atoms with E-state index in [2.05, 4.69) is 15.4 Å². The molecule has 0 bridgehead atoms. The highest BCUT2D eigenvalue weighted by Gasteiger charge is 1.99. The number of nitrogens with one attached hydrogen (secondary N) is 2. The molecule has 18 heavy (non-hydrogen) atoms. The fraction of sp³-hybridized carbons (Fsp3) is 0.231. The van der Waals surface area contributed by atoms with E-state index >= 15 is 0 Å². The van der Waals surface area contributed by atoms with Crippen molar-refractivity contribution in [3.8, 4) is 0 Å². The lowest BCUT2D eigenvalue weighted by Crippen LogP contribution is -2.24. The average Bonchev–Trinajstić information content (AvgIpc) is 2.37. The molecule has 0 aliphatic heterocycles. The van der Waals surface area contributed by atoms with Gasteiger partial charge in [0.15, 0.2) is 0 Å². The van der Waals surface area contributed by atoms with Crippen molar-refractivity contribution in [2.75, 3.05) is 26.0 Å². The van der Waals surface area contributed by atoms with Crippen LogP contribution in [0.15, 0.2) is 30.3 Å². The molecule has 1 rings (SSSR count). The molecule has 1 amide bonds. The first-order valence-electron chi connectivity index (χ1n) is 5.46. The van der Waals surface area contributed by atoms with Crippen molar-refractivity contribution in [3.05, 3.63) is 35.9 Å². The Morgan fingerprint density at radius 3 is 2.50 bits per heavy atom. The third-order valence-corrected chi connectivity index (χ3v) is 2.14. The molecule has 2 N–H and O–H groups in total. The fourth-order valence-corrected chi connectivity index (χ4v) is 1.28. The van der Waals surface area contributed by atoms with Gasteiger partial charge in [-0.15, -0.1) is 0 Å². The van der Waals surface area contributed by atoms with Crippen LogP contribution in [0, 0.1) is 0 Å².